The molecule has 3 aromatic heterocycles. The van der Waals surface area contributed by atoms with Crippen LogP contribution in [-0.2, 0) is 22.4 Å². The van der Waals surface area contributed by atoms with E-state index in [0.717, 1.165) is 33.6 Å². The minimum absolute atomic E-state index is 0.213. The summed E-state index contributed by atoms with van der Waals surface area (Å²) >= 11 is 3.22. The van der Waals surface area contributed by atoms with Gasteiger partial charge >= 0.3 is 5.97 Å². The molecule has 0 N–H and O–H groups in total. The Hall–Kier alpha value is -1.99. The van der Waals surface area contributed by atoms with Gasteiger partial charge in [-0.15, -0.1) is 11.3 Å². The summed E-state index contributed by atoms with van der Waals surface area (Å²) in [5.41, 5.74) is 2.26. The standard InChI is InChI=1S/C20H21N3O2S2/c1-3-25-16(24)11-26-19-17-14-7-6-12(2)9-15(14)27-20(17)23-18(22-19)13-5-4-8-21-10-13/h4-5,8,10,12H,3,6-7,9,11H2,1-2H3/t12-/m0/s1. The van der Waals surface area contributed by atoms with Gasteiger partial charge in [-0.25, -0.2) is 9.97 Å². The van der Waals surface area contributed by atoms with Crippen molar-refractivity contribution in [1.29, 1.82) is 0 Å². The van der Waals surface area contributed by atoms with Gasteiger partial charge in [0.1, 0.15) is 9.86 Å². The number of esters is 1. The van der Waals surface area contributed by atoms with Gasteiger partial charge in [0.2, 0.25) is 0 Å². The zero-order chi connectivity index (χ0) is 18.8. The first-order valence-electron chi connectivity index (χ1n) is 9.16. The minimum Gasteiger partial charge on any atom is -0.465 e. The van der Waals surface area contributed by atoms with E-state index in [1.54, 1.807) is 23.7 Å². The highest BCUT2D eigenvalue weighted by molar-refractivity contribution is 8.00. The first-order chi connectivity index (χ1) is 13.2. The van der Waals surface area contributed by atoms with E-state index in [9.17, 15) is 4.79 Å². The Kier molecular flexibility index (Phi) is 5.41. The van der Waals surface area contributed by atoms with Gasteiger partial charge in [-0.1, -0.05) is 18.7 Å². The number of pyridine rings is 1. The topological polar surface area (TPSA) is 65.0 Å². The molecule has 0 fully saturated rings. The molecule has 0 saturated carbocycles. The lowest BCUT2D eigenvalue weighted by Crippen LogP contribution is -2.09. The number of fused-ring (bicyclic) bond motifs is 3. The van der Waals surface area contributed by atoms with Crippen LogP contribution in [0, 0.1) is 5.92 Å². The highest BCUT2D eigenvalue weighted by Crippen LogP contribution is 2.41. The van der Waals surface area contributed by atoms with Gasteiger partial charge in [0.25, 0.3) is 0 Å². The average molecular weight is 400 g/mol. The molecule has 3 heterocycles. The maximum Gasteiger partial charge on any atom is 0.316 e. The van der Waals surface area contributed by atoms with Crippen LogP contribution in [0.3, 0.4) is 0 Å². The second-order valence-corrected chi connectivity index (χ2v) is 8.77. The molecule has 3 aromatic rings. The Morgan fingerprint density at radius 2 is 2.30 bits per heavy atom. The second-order valence-electron chi connectivity index (χ2n) is 6.72. The highest BCUT2D eigenvalue weighted by Gasteiger charge is 2.24. The zero-order valence-corrected chi connectivity index (χ0v) is 17.0. The molecule has 0 radical (unpaired) electrons. The number of nitrogens with zero attached hydrogens (tertiary/aromatic N) is 3. The fraction of sp³-hybridized carbons (Fsp3) is 0.400. The van der Waals surface area contributed by atoms with Crippen molar-refractivity contribution in [3.8, 4) is 11.4 Å². The Balaban J connectivity index is 1.80. The van der Waals surface area contributed by atoms with Crippen molar-refractivity contribution in [2.75, 3.05) is 12.4 Å². The third kappa shape index (κ3) is 3.84. The van der Waals surface area contributed by atoms with E-state index in [1.165, 1.54) is 28.6 Å². The normalized spacial score (nSPS) is 16.3. The molecule has 1 atom stereocenters. The molecule has 0 spiro atoms. The van der Waals surface area contributed by atoms with Gasteiger partial charge < -0.3 is 4.74 Å². The van der Waals surface area contributed by atoms with E-state index in [2.05, 4.69) is 11.9 Å². The van der Waals surface area contributed by atoms with Crippen LogP contribution in [0.4, 0.5) is 0 Å². The summed E-state index contributed by atoms with van der Waals surface area (Å²) in [6, 6.07) is 3.85. The van der Waals surface area contributed by atoms with E-state index in [-0.39, 0.29) is 11.7 Å². The van der Waals surface area contributed by atoms with Gasteiger partial charge in [-0.05, 0) is 49.8 Å². The monoisotopic (exact) mass is 399 g/mol. The Labute approximate surface area is 166 Å². The first kappa shape index (κ1) is 18.4. The SMILES string of the molecule is CCOC(=O)CSc1nc(-c2cccnc2)nc2sc3c(c12)CC[C@H](C)C3. The molecule has 5 nitrogen and oxygen atoms in total. The summed E-state index contributed by atoms with van der Waals surface area (Å²) < 4.78 is 5.09. The Bertz CT molecular complexity index is 972. The van der Waals surface area contributed by atoms with Gasteiger partial charge in [-0.2, -0.15) is 0 Å². The van der Waals surface area contributed by atoms with Crippen molar-refractivity contribution >= 4 is 39.3 Å². The lowest BCUT2D eigenvalue weighted by molar-refractivity contribution is -0.139. The van der Waals surface area contributed by atoms with Crippen molar-refractivity contribution < 1.29 is 9.53 Å². The van der Waals surface area contributed by atoms with E-state index in [1.807, 2.05) is 19.1 Å². The Morgan fingerprint density at radius 3 is 3.07 bits per heavy atom. The van der Waals surface area contributed by atoms with Crippen molar-refractivity contribution in [3.05, 3.63) is 35.0 Å². The molecule has 0 aromatic carbocycles. The third-order valence-corrected chi connectivity index (χ3v) is 6.77. The molecule has 27 heavy (non-hydrogen) atoms. The number of ether oxygens (including phenoxy) is 1. The molecule has 1 aliphatic rings. The van der Waals surface area contributed by atoms with Crippen molar-refractivity contribution in [3.63, 3.8) is 0 Å². The maximum absolute atomic E-state index is 11.9. The fourth-order valence-electron chi connectivity index (χ4n) is 3.37. The van der Waals surface area contributed by atoms with Gasteiger partial charge in [0.05, 0.1) is 12.4 Å². The molecule has 0 aliphatic heterocycles. The fourth-order valence-corrected chi connectivity index (χ4v) is 5.67. The number of thiophene rings is 1. The van der Waals surface area contributed by atoms with Gasteiger partial charge in [0, 0.05) is 28.2 Å². The summed E-state index contributed by atoms with van der Waals surface area (Å²) in [7, 11) is 0. The molecule has 0 saturated heterocycles. The molecule has 4 rings (SSSR count). The number of hydrogen-bond donors (Lipinski definition) is 0. The summed E-state index contributed by atoms with van der Waals surface area (Å²) in [5, 5.41) is 2.00. The molecule has 0 unspecified atom stereocenters. The van der Waals surface area contributed by atoms with Crippen LogP contribution in [0.1, 0.15) is 30.7 Å². The van der Waals surface area contributed by atoms with Crippen LogP contribution < -0.4 is 0 Å². The number of carbonyl (C=O) groups is 1. The van der Waals surface area contributed by atoms with Crippen LogP contribution in [0.5, 0.6) is 0 Å². The summed E-state index contributed by atoms with van der Waals surface area (Å²) in [6.45, 7) is 4.52. The highest BCUT2D eigenvalue weighted by atomic mass is 32.2. The van der Waals surface area contributed by atoms with E-state index >= 15 is 0 Å². The summed E-state index contributed by atoms with van der Waals surface area (Å²) in [6.07, 6.45) is 6.85. The molecule has 1 aliphatic carbocycles. The van der Waals surface area contributed by atoms with Crippen LogP contribution in [0.2, 0.25) is 0 Å². The predicted molar refractivity (Wildman–Crippen MR) is 109 cm³/mol. The van der Waals surface area contributed by atoms with Crippen LogP contribution in [0.25, 0.3) is 21.6 Å². The number of aromatic nitrogens is 3. The average Bonchev–Trinajstić information content (AvgIpc) is 3.04. The number of carbonyl (C=O) groups excluding carboxylic acids is 1. The largest absolute Gasteiger partial charge is 0.465 e. The number of rotatable bonds is 5. The molecule has 7 heteroatoms. The van der Waals surface area contributed by atoms with Crippen LogP contribution in [-0.4, -0.2) is 33.3 Å². The molecule has 140 valence electrons. The lowest BCUT2D eigenvalue weighted by atomic mass is 9.89. The van der Waals surface area contributed by atoms with E-state index < -0.39 is 0 Å². The van der Waals surface area contributed by atoms with Gasteiger partial charge in [0.15, 0.2) is 5.82 Å². The van der Waals surface area contributed by atoms with Crippen molar-refractivity contribution in [2.24, 2.45) is 5.92 Å². The summed E-state index contributed by atoms with van der Waals surface area (Å²) in [5.74, 6) is 1.41. The molecule has 0 bridgehead atoms. The number of aryl methyl sites for hydroxylation is 1. The van der Waals surface area contributed by atoms with Crippen molar-refractivity contribution in [2.45, 2.75) is 38.1 Å². The third-order valence-electron chi connectivity index (χ3n) is 4.67. The summed E-state index contributed by atoms with van der Waals surface area (Å²) in [4.78, 5) is 28.1. The first-order valence-corrected chi connectivity index (χ1v) is 11.0. The molecular formula is C20H21N3O2S2. The molecule has 0 amide bonds. The maximum atomic E-state index is 11.9. The van der Waals surface area contributed by atoms with Crippen molar-refractivity contribution in [1.82, 2.24) is 15.0 Å². The second kappa shape index (κ2) is 7.94. The lowest BCUT2D eigenvalue weighted by Gasteiger charge is -2.18. The van der Waals surface area contributed by atoms with Crippen LogP contribution >= 0.6 is 23.1 Å². The minimum atomic E-state index is -0.213. The molecular weight excluding hydrogens is 378 g/mol. The number of thioether (sulfide) groups is 1. The zero-order valence-electron chi connectivity index (χ0n) is 15.4. The Morgan fingerprint density at radius 1 is 1.41 bits per heavy atom. The predicted octanol–water partition coefficient (Wildman–Crippen LogP) is 4.53. The smallest absolute Gasteiger partial charge is 0.316 e. The number of hydrogen-bond acceptors (Lipinski definition) is 7. The van der Waals surface area contributed by atoms with Crippen LogP contribution in [0.15, 0.2) is 29.6 Å². The van der Waals surface area contributed by atoms with E-state index in [0.29, 0.717) is 18.3 Å². The van der Waals surface area contributed by atoms with Gasteiger partial charge in [-0.3, -0.25) is 9.78 Å². The van der Waals surface area contributed by atoms with E-state index in [4.69, 9.17) is 14.7 Å². The quantitative estimate of drug-likeness (QED) is 0.357.